The molecule has 16 heteroatoms. The zero-order valence-electron chi connectivity index (χ0n) is 38.2. The summed E-state index contributed by atoms with van der Waals surface area (Å²) in [7, 11) is 1.63. The summed E-state index contributed by atoms with van der Waals surface area (Å²) in [6, 6.07) is 20.5. The second kappa shape index (κ2) is 21.8. The molecule has 6 aromatic carbocycles. The number of benzene rings is 6. The Balaban J connectivity index is 0.839. The average molecular weight is 918 g/mol. The predicted octanol–water partition coefficient (Wildman–Crippen LogP) is 6.63. The van der Waals surface area contributed by atoms with Crippen LogP contribution in [0, 0.1) is 0 Å². The lowest BCUT2D eigenvalue weighted by atomic mass is 9.82. The first-order valence-electron chi connectivity index (χ1n) is 22.5. The third kappa shape index (κ3) is 10.0. The molecule has 0 saturated carbocycles. The predicted molar refractivity (Wildman–Crippen MR) is 252 cm³/mol. The van der Waals surface area contributed by atoms with Crippen molar-refractivity contribution in [1.29, 1.82) is 0 Å². The normalized spacial score (nSPS) is 14.7. The fourth-order valence-electron chi connectivity index (χ4n) is 8.74. The monoisotopic (exact) mass is 917 g/mol. The van der Waals surface area contributed by atoms with Crippen LogP contribution in [0.15, 0.2) is 72.8 Å². The number of hydrogen-bond donors (Lipinski definition) is 1. The van der Waals surface area contributed by atoms with Gasteiger partial charge in [-0.2, -0.15) is 0 Å². The molecule has 2 unspecified atom stereocenters. The molecule has 5 amide bonds. The van der Waals surface area contributed by atoms with E-state index >= 15 is 0 Å². The van der Waals surface area contributed by atoms with E-state index in [0.29, 0.717) is 130 Å². The van der Waals surface area contributed by atoms with Crippen LogP contribution in [0.25, 0.3) is 43.1 Å². The standard InChI is InChI=1S/C51H55N3O13/c1-31(29-67-32(2)30-66-28-27-65-26-25-64-24-23-63-22-21-62-20-19-61-18-17-60-4)53-48(56)40-13-9-36-38-11-15-42-47-43(51(59)54(50(42)58)35-7-5-34(6-8-35)52-33(3)55)16-12-39(45(38)47)37-10-14-41(49(53)57)46(40)44(36)37/h5-16,31-32H,17-30H2,1-4H3,(H,52,55). The van der Waals surface area contributed by atoms with Gasteiger partial charge in [0.1, 0.15) is 0 Å². The Bertz CT molecular complexity index is 2660. The van der Waals surface area contributed by atoms with E-state index in [1.54, 1.807) is 62.6 Å². The molecule has 8 rings (SSSR count). The first-order valence-corrected chi connectivity index (χ1v) is 22.5. The van der Waals surface area contributed by atoms with Crippen molar-refractivity contribution in [3.63, 3.8) is 0 Å². The smallest absolute Gasteiger partial charge is 0.265 e. The molecule has 0 fully saturated rings. The summed E-state index contributed by atoms with van der Waals surface area (Å²) in [5, 5.41) is 8.57. The number of carbonyl (C=O) groups is 5. The number of methoxy groups -OCH3 is 1. The molecule has 16 nitrogen and oxygen atoms in total. The van der Waals surface area contributed by atoms with E-state index in [0.717, 1.165) is 37.2 Å². The molecule has 0 spiro atoms. The Kier molecular flexibility index (Phi) is 15.5. The minimum Gasteiger partial charge on any atom is -0.382 e. The van der Waals surface area contributed by atoms with Crippen LogP contribution in [0.3, 0.4) is 0 Å². The molecule has 6 aromatic rings. The number of amides is 5. The molecular formula is C51H55N3O13. The van der Waals surface area contributed by atoms with Crippen LogP contribution in [0.2, 0.25) is 0 Å². The molecule has 2 atom stereocenters. The minimum absolute atomic E-state index is 0.114. The fraction of sp³-hybridized carbons (Fsp3) is 0.392. The zero-order valence-corrected chi connectivity index (χ0v) is 38.2. The van der Waals surface area contributed by atoms with Gasteiger partial charge in [0.2, 0.25) is 5.91 Å². The highest BCUT2D eigenvalue weighted by Crippen LogP contribution is 2.46. The maximum absolute atomic E-state index is 14.2. The Morgan fingerprint density at radius 3 is 1.28 bits per heavy atom. The van der Waals surface area contributed by atoms with E-state index in [4.69, 9.17) is 37.9 Å². The molecule has 2 aliphatic rings. The molecule has 0 aromatic heterocycles. The van der Waals surface area contributed by atoms with E-state index in [2.05, 4.69) is 5.32 Å². The van der Waals surface area contributed by atoms with Crippen molar-refractivity contribution in [2.75, 3.05) is 110 Å². The van der Waals surface area contributed by atoms with Crippen LogP contribution in [-0.2, 0) is 42.7 Å². The molecule has 2 aliphatic heterocycles. The molecule has 0 radical (unpaired) electrons. The number of nitrogens with zero attached hydrogens (tertiary/aromatic N) is 2. The number of hydrogen-bond acceptors (Lipinski definition) is 13. The van der Waals surface area contributed by atoms with Crippen molar-refractivity contribution in [1.82, 2.24) is 4.90 Å². The van der Waals surface area contributed by atoms with Crippen LogP contribution >= 0.6 is 0 Å². The van der Waals surface area contributed by atoms with Gasteiger partial charge >= 0.3 is 0 Å². The van der Waals surface area contributed by atoms with Gasteiger partial charge in [-0.1, -0.05) is 24.3 Å². The van der Waals surface area contributed by atoms with Gasteiger partial charge in [0.15, 0.2) is 0 Å². The summed E-state index contributed by atoms with van der Waals surface area (Å²) in [6.45, 7) is 11.1. The average Bonchev–Trinajstić information content (AvgIpc) is 3.32. The number of anilines is 2. The van der Waals surface area contributed by atoms with Crippen LogP contribution < -0.4 is 10.2 Å². The molecule has 2 heterocycles. The minimum atomic E-state index is -0.571. The second-order valence-corrected chi connectivity index (χ2v) is 16.4. The van der Waals surface area contributed by atoms with Crippen molar-refractivity contribution < 1.29 is 61.9 Å². The highest BCUT2D eigenvalue weighted by molar-refractivity contribution is 6.43. The summed E-state index contributed by atoms with van der Waals surface area (Å²) in [4.78, 5) is 70.7. The van der Waals surface area contributed by atoms with Gasteiger partial charge in [-0.05, 0) is 94.7 Å². The highest BCUT2D eigenvalue weighted by atomic mass is 16.6. The molecule has 67 heavy (non-hydrogen) atoms. The van der Waals surface area contributed by atoms with Gasteiger partial charge in [-0.3, -0.25) is 28.9 Å². The van der Waals surface area contributed by atoms with Crippen LogP contribution in [0.4, 0.5) is 11.4 Å². The lowest BCUT2D eigenvalue weighted by Crippen LogP contribution is -2.48. The number of fused-ring (bicyclic) bond motifs is 2. The second-order valence-electron chi connectivity index (χ2n) is 16.4. The van der Waals surface area contributed by atoms with E-state index in [1.165, 1.54) is 11.8 Å². The van der Waals surface area contributed by atoms with Crippen molar-refractivity contribution in [2.24, 2.45) is 0 Å². The van der Waals surface area contributed by atoms with Crippen LogP contribution in [0.5, 0.6) is 0 Å². The van der Waals surface area contributed by atoms with Gasteiger partial charge < -0.3 is 43.2 Å². The summed E-state index contributed by atoms with van der Waals surface area (Å²) in [5.74, 6) is -1.97. The molecular weight excluding hydrogens is 863 g/mol. The first kappa shape index (κ1) is 47.5. The Hall–Kier alpha value is -5.95. The molecule has 0 bridgehead atoms. The van der Waals surface area contributed by atoms with Gasteiger partial charge in [0, 0.05) is 52.7 Å². The van der Waals surface area contributed by atoms with Crippen molar-refractivity contribution in [3.05, 3.63) is 95.1 Å². The van der Waals surface area contributed by atoms with E-state index in [9.17, 15) is 24.0 Å². The van der Waals surface area contributed by atoms with Crippen LogP contribution in [-0.4, -0.2) is 146 Å². The number of carbonyl (C=O) groups excluding carboxylic acids is 5. The van der Waals surface area contributed by atoms with Crippen molar-refractivity contribution in [3.8, 4) is 0 Å². The zero-order chi connectivity index (χ0) is 47.0. The maximum Gasteiger partial charge on any atom is 0.265 e. The lowest BCUT2D eigenvalue weighted by Gasteiger charge is -2.33. The SMILES string of the molecule is COCCOCCOCCOCCOCCOCCOCC(C)OCC(C)N1C(=O)c2ccc3c4ccc5c6c(ccc(c7ccc(c2c37)C1=O)c64)C(=O)N(c1ccc(NC(C)=O)cc1)C5=O. The Morgan fingerprint density at radius 2 is 0.881 bits per heavy atom. The number of rotatable bonds is 26. The van der Waals surface area contributed by atoms with Gasteiger partial charge in [-0.25, -0.2) is 4.90 Å². The molecule has 352 valence electrons. The van der Waals surface area contributed by atoms with Crippen LogP contribution in [0.1, 0.15) is 62.2 Å². The van der Waals surface area contributed by atoms with Gasteiger partial charge in [0.05, 0.1) is 110 Å². The van der Waals surface area contributed by atoms with E-state index in [-0.39, 0.29) is 18.6 Å². The third-order valence-corrected chi connectivity index (χ3v) is 11.8. The molecule has 0 saturated heterocycles. The quantitative estimate of drug-likeness (QED) is 0.0266. The van der Waals surface area contributed by atoms with Gasteiger partial charge in [-0.15, -0.1) is 0 Å². The van der Waals surface area contributed by atoms with Crippen molar-refractivity contribution in [2.45, 2.75) is 32.9 Å². The van der Waals surface area contributed by atoms with Gasteiger partial charge in [0.25, 0.3) is 23.6 Å². The largest absolute Gasteiger partial charge is 0.382 e. The highest BCUT2D eigenvalue weighted by Gasteiger charge is 2.39. The third-order valence-electron chi connectivity index (χ3n) is 11.8. The van der Waals surface area contributed by atoms with Crippen molar-refractivity contribution >= 4 is 84.0 Å². The van der Waals surface area contributed by atoms with E-state index in [1.807, 2.05) is 31.2 Å². The Labute approximate surface area is 387 Å². The first-order chi connectivity index (χ1) is 32.6. The summed E-state index contributed by atoms with van der Waals surface area (Å²) in [5.41, 5.74) is 2.51. The lowest BCUT2D eigenvalue weighted by molar-refractivity contribution is -0.114. The summed E-state index contributed by atoms with van der Waals surface area (Å²) < 4.78 is 44.1. The number of imide groups is 2. The number of nitrogens with one attached hydrogen (secondary N) is 1. The maximum atomic E-state index is 14.2. The summed E-state index contributed by atoms with van der Waals surface area (Å²) in [6.07, 6.45) is -0.306. The molecule has 1 N–H and O–H groups in total. The van der Waals surface area contributed by atoms with E-state index < -0.39 is 29.7 Å². The summed E-state index contributed by atoms with van der Waals surface area (Å²) >= 11 is 0. The topological polar surface area (TPSA) is 178 Å². The number of ether oxygens (including phenoxy) is 8. The fourth-order valence-corrected chi connectivity index (χ4v) is 8.74. The Morgan fingerprint density at radius 1 is 0.493 bits per heavy atom. The molecule has 0 aliphatic carbocycles.